The monoisotopic (exact) mass is 346 g/mol. The molecule has 1 aromatic rings. The molecule has 2 N–H and O–H groups in total. The van der Waals surface area contributed by atoms with E-state index in [1.54, 1.807) is 0 Å². The molecule has 0 spiro atoms. The van der Waals surface area contributed by atoms with E-state index in [2.05, 4.69) is 5.09 Å². The molecule has 0 saturated carbocycles. The Labute approximate surface area is 133 Å². The van der Waals surface area contributed by atoms with E-state index in [-0.39, 0.29) is 18.0 Å². The fourth-order valence-electron chi connectivity index (χ4n) is 1.48. The third-order valence-corrected chi connectivity index (χ3v) is 4.43. The van der Waals surface area contributed by atoms with Crippen LogP contribution in [0.5, 0.6) is 5.75 Å². The summed E-state index contributed by atoms with van der Waals surface area (Å²) in [5, 5.41) is 21.8. The largest absolute Gasteiger partial charge is 0.480 e. The number of nitrogens with one attached hydrogen (secondary N) is 1. The molecule has 0 radical (unpaired) electrons. The van der Waals surface area contributed by atoms with Gasteiger partial charge in [-0.2, -0.15) is 5.09 Å². The van der Waals surface area contributed by atoms with E-state index < -0.39 is 24.7 Å². The van der Waals surface area contributed by atoms with Gasteiger partial charge in [-0.1, -0.05) is 13.3 Å². The number of aliphatic carboxylic acids is 1. The number of carboxylic acids is 1. The van der Waals surface area contributed by atoms with Gasteiger partial charge in [-0.15, -0.1) is 0 Å². The van der Waals surface area contributed by atoms with Crippen molar-refractivity contribution in [3.8, 4) is 5.75 Å². The van der Waals surface area contributed by atoms with Crippen LogP contribution in [0.2, 0.25) is 0 Å². The van der Waals surface area contributed by atoms with Crippen LogP contribution >= 0.6 is 7.75 Å². The maximum atomic E-state index is 12.6. The minimum Gasteiger partial charge on any atom is -0.480 e. The second-order valence-electron chi connectivity index (χ2n) is 4.72. The molecule has 2 atom stereocenters. The van der Waals surface area contributed by atoms with E-state index in [0.29, 0.717) is 6.42 Å². The van der Waals surface area contributed by atoms with E-state index >= 15 is 0 Å². The molecule has 0 aromatic heterocycles. The summed E-state index contributed by atoms with van der Waals surface area (Å²) in [4.78, 5) is 20.9. The Bertz CT molecular complexity index is 590. The third-order valence-electron chi connectivity index (χ3n) is 2.75. The van der Waals surface area contributed by atoms with Gasteiger partial charge in [0.2, 0.25) is 0 Å². The van der Waals surface area contributed by atoms with Gasteiger partial charge in [0, 0.05) is 12.1 Å². The fourth-order valence-corrected chi connectivity index (χ4v) is 3.01. The average Bonchev–Trinajstić information content (AvgIpc) is 2.47. The van der Waals surface area contributed by atoms with Gasteiger partial charge in [0.05, 0.1) is 11.5 Å². The molecule has 1 rings (SSSR count). The lowest BCUT2D eigenvalue weighted by atomic mass is 10.3. The van der Waals surface area contributed by atoms with Crippen molar-refractivity contribution in [3.05, 3.63) is 34.4 Å². The number of benzene rings is 1. The van der Waals surface area contributed by atoms with E-state index in [1.165, 1.54) is 31.2 Å². The number of carboxylic acid groups (broad SMARTS) is 1. The zero-order chi connectivity index (χ0) is 17.5. The molecule has 10 heteroatoms. The highest BCUT2D eigenvalue weighted by molar-refractivity contribution is 7.52. The molecule has 0 amide bonds. The number of unbranched alkanes of at least 4 members (excludes halogenated alkanes) is 1. The van der Waals surface area contributed by atoms with Crippen LogP contribution in [0.25, 0.3) is 0 Å². The standard InChI is InChI=1S/C13H19N2O7P/c1-3-4-9-21-23(20,14-10(2)13(16)17)22-12-7-5-11(6-8-12)15(18)19/h5-8,10H,3-4,9H2,1-2H3,(H,14,20)(H,16,17)/t10-,23?/m0/s1. The smallest absolute Gasteiger partial charge is 0.459 e. The molecule has 128 valence electrons. The number of hydrogen-bond donors (Lipinski definition) is 2. The zero-order valence-electron chi connectivity index (χ0n) is 12.8. The number of carbonyl (C=O) groups is 1. The van der Waals surface area contributed by atoms with Crippen LogP contribution in [0.15, 0.2) is 24.3 Å². The maximum Gasteiger partial charge on any atom is 0.459 e. The van der Waals surface area contributed by atoms with E-state index in [9.17, 15) is 19.5 Å². The highest BCUT2D eigenvalue weighted by Crippen LogP contribution is 2.45. The average molecular weight is 346 g/mol. The van der Waals surface area contributed by atoms with Crippen LogP contribution in [-0.2, 0) is 13.9 Å². The minimum atomic E-state index is -3.92. The van der Waals surface area contributed by atoms with Crippen molar-refractivity contribution < 1.29 is 28.4 Å². The number of nitro benzene ring substituents is 1. The number of rotatable bonds is 10. The molecule has 23 heavy (non-hydrogen) atoms. The molecule has 1 unspecified atom stereocenters. The van der Waals surface area contributed by atoms with E-state index in [4.69, 9.17) is 14.2 Å². The SMILES string of the molecule is CCCCOP(=O)(N[C@@H](C)C(=O)O)Oc1ccc([N+](=O)[O-])cc1. The summed E-state index contributed by atoms with van der Waals surface area (Å²) in [6, 6.07) is 3.75. The first-order valence-electron chi connectivity index (χ1n) is 6.96. The third kappa shape index (κ3) is 6.35. The van der Waals surface area contributed by atoms with Crippen molar-refractivity contribution in [2.24, 2.45) is 0 Å². The fraction of sp³-hybridized carbons (Fsp3) is 0.462. The van der Waals surface area contributed by atoms with Crippen LogP contribution in [0.4, 0.5) is 5.69 Å². The van der Waals surface area contributed by atoms with Crippen LogP contribution in [-0.4, -0.2) is 28.6 Å². The second kappa shape index (κ2) is 8.61. The molecule has 1 aromatic carbocycles. The van der Waals surface area contributed by atoms with Gasteiger partial charge in [0.25, 0.3) is 5.69 Å². The van der Waals surface area contributed by atoms with Crippen molar-refractivity contribution >= 4 is 19.4 Å². The maximum absolute atomic E-state index is 12.6. The normalized spacial score (nSPS) is 14.7. The van der Waals surface area contributed by atoms with Crippen molar-refractivity contribution in [2.45, 2.75) is 32.7 Å². The summed E-state index contributed by atoms with van der Waals surface area (Å²) in [7, 11) is -3.92. The minimum absolute atomic E-state index is 0.0699. The molecule has 0 aliphatic heterocycles. The number of non-ortho nitro benzene ring substituents is 1. The van der Waals surface area contributed by atoms with Gasteiger partial charge in [0.15, 0.2) is 0 Å². The Hall–Kier alpha value is -1.96. The van der Waals surface area contributed by atoms with Crippen LogP contribution < -0.4 is 9.61 Å². The lowest BCUT2D eigenvalue weighted by Gasteiger charge is -2.21. The number of nitro groups is 1. The van der Waals surface area contributed by atoms with Gasteiger partial charge in [-0.25, -0.2) is 4.57 Å². The summed E-state index contributed by atoms with van der Waals surface area (Å²) >= 11 is 0. The molecule has 0 aliphatic carbocycles. The first-order valence-corrected chi connectivity index (χ1v) is 8.51. The lowest BCUT2D eigenvalue weighted by Crippen LogP contribution is -2.33. The number of hydrogen-bond acceptors (Lipinski definition) is 6. The molecule has 0 fully saturated rings. The molecule has 9 nitrogen and oxygen atoms in total. The van der Waals surface area contributed by atoms with Gasteiger partial charge in [-0.3, -0.25) is 19.4 Å². The Balaban J connectivity index is 2.88. The van der Waals surface area contributed by atoms with Crippen molar-refractivity contribution in [1.82, 2.24) is 5.09 Å². The molecule has 0 bridgehead atoms. The Morgan fingerprint density at radius 2 is 2.04 bits per heavy atom. The summed E-state index contributed by atoms with van der Waals surface area (Å²) in [5.41, 5.74) is -0.147. The Morgan fingerprint density at radius 3 is 2.52 bits per heavy atom. The van der Waals surface area contributed by atoms with Gasteiger partial charge in [-0.05, 0) is 25.5 Å². The summed E-state index contributed by atoms with van der Waals surface area (Å²) in [6.45, 7) is 3.34. The first kappa shape index (κ1) is 19.1. The predicted molar refractivity (Wildman–Crippen MR) is 82.4 cm³/mol. The molecule has 0 aliphatic rings. The second-order valence-corrected chi connectivity index (χ2v) is 6.41. The van der Waals surface area contributed by atoms with Gasteiger partial charge >= 0.3 is 13.7 Å². The van der Waals surface area contributed by atoms with Crippen LogP contribution in [0.3, 0.4) is 0 Å². The van der Waals surface area contributed by atoms with E-state index in [0.717, 1.165) is 6.42 Å². The summed E-state index contributed by atoms with van der Waals surface area (Å²) in [5.74, 6) is -1.14. The Morgan fingerprint density at radius 1 is 1.43 bits per heavy atom. The quantitative estimate of drug-likeness (QED) is 0.286. The molecule has 0 heterocycles. The van der Waals surface area contributed by atoms with Gasteiger partial charge in [0.1, 0.15) is 11.8 Å². The van der Waals surface area contributed by atoms with Crippen molar-refractivity contribution in [1.29, 1.82) is 0 Å². The lowest BCUT2D eigenvalue weighted by molar-refractivity contribution is -0.384. The zero-order valence-corrected chi connectivity index (χ0v) is 13.7. The Kier molecular flexibility index (Phi) is 7.15. The molecule has 0 saturated heterocycles. The summed E-state index contributed by atoms with van der Waals surface area (Å²) < 4.78 is 23.1. The highest BCUT2D eigenvalue weighted by Gasteiger charge is 2.31. The van der Waals surface area contributed by atoms with Gasteiger partial charge < -0.3 is 9.63 Å². The number of nitrogens with zero attached hydrogens (tertiary/aromatic N) is 1. The predicted octanol–water partition coefficient (Wildman–Crippen LogP) is 2.96. The van der Waals surface area contributed by atoms with Crippen molar-refractivity contribution in [2.75, 3.05) is 6.61 Å². The van der Waals surface area contributed by atoms with E-state index in [1.807, 2.05) is 6.92 Å². The molecular weight excluding hydrogens is 327 g/mol. The molecular formula is C13H19N2O7P. The van der Waals surface area contributed by atoms with Crippen LogP contribution in [0.1, 0.15) is 26.7 Å². The topological polar surface area (TPSA) is 128 Å². The first-order chi connectivity index (χ1) is 10.8. The summed E-state index contributed by atoms with van der Waals surface area (Å²) in [6.07, 6.45) is 1.42. The highest BCUT2D eigenvalue weighted by atomic mass is 31.2. The van der Waals surface area contributed by atoms with Crippen molar-refractivity contribution in [3.63, 3.8) is 0 Å². The van der Waals surface area contributed by atoms with Crippen LogP contribution in [0, 0.1) is 10.1 Å².